The standard InChI is InChI=1S/C56H35NO2/c1-2-10-38(11-3-1)46-15-8-16-47-50-35-42(28-33-53(50)59-56(46)47)37-26-31-44(32-27-37)57(51-17-9-19-54-55(51)48-14-6-7-18-52(48)58-54)43-29-24-36(25-30-43)41-23-22-40-21-20-39-12-4-5-13-45(39)49(40)34-41/h1-35H. The lowest BCUT2D eigenvalue weighted by atomic mass is 9.97. The molecule has 0 spiro atoms. The molecule has 0 amide bonds. The quantitative estimate of drug-likeness (QED) is 0.158. The summed E-state index contributed by atoms with van der Waals surface area (Å²) in [6.07, 6.45) is 0. The third-order valence-electron chi connectivity index (χ3n) is 11.9. The number of anilines is 3. The largest absolute Gasteiger partial charge is 0.456 e. The van der Waals surface area contributed by atoms with Crippen molar-refractivity contribution >= 4 is 82.5 Å². The van der Waals surface area contributed by atoms with Gasteiger partial charge in [-0.25, -0.2) is 0 Å². The molecular formula is C56H35NO2. The Bertz CT molecular complexity index is 3540. The topological polar surface area (TPSA) is 29.5 Å². The van der Waals surface area contributed by atoms with Gasteiger partial charge in [-0.1, -0.05) is 152 Å². The van der Waals surface area contributed by atoms with E-state index in [0.717, 1.165) is 83.2 Å². The van der Waals surface area contributed by atoms with Gasteiger partial charge in [-0.2, -0.15) is 0 Å². The van der Waals surface area contributed by atoms with E-state index in [9.17, 15) is 0 Å². The average Bonchev–Trinajstić information content (AvgIpc) is 3.88. The van der Waals surface area contributed by atoms with Crippen molar-refractivity contribution in [1.82, 2.24) is 0 Å². The van der Waals surface area contributed by atoms with E-state index in [-0.39, 0.29) is 0 Å². The molecular weight excluding hydrogens is 719 g/mol. The second kappa shape index (κ2) is 13.4. The highest BCUT2D eigenvalue weighted by molar-refractivity contribution is 6.14. The number of hydrogen-bond acceptors (Lipinski definition) is 3. The van der Waals surface area contributed by atoms with Crippen LogP contribution in [0.1, 0.15) is 0 Å². The summed E-state index contributed by atoms with van der Waals surface area (Å²) in [4.78, 5) is 2.35. The zero-order valence-corrected chi connectivity index (χ0v) is 32.0. The van der Waals surface area contributed by atoms with Crippen LogP contribution in [0.3, 0.4) is 0 Å². The lowest BCUT2D eigenvalue weighted by molar-refractivity contribution is 0.669. The van der Waals surface area contributed by atoms with Crippen LogP contribution >= 0.6 is 0 Å². The van der Waals surface area contributed by atoms with Crippen molar-refractivity contribution in [3.63, 3.8) is 0 Å². The number of fused-ring (bicyclic) bond motifs is 9. The van der Waals surface area contributed by atoms with E-state index in [1.165, 1.54) is 32.7 Å². The number of benzene rings is 10. The van der Waals surface area contributed by atoms with Crippen LogP contribution in [-0.4, -0.2) is 0 Å². The molecule has 276 valence electrons. The summed E-state index contributed by atoms with van der Waals surface area (Å²) in [6, 6.07) is 75.7. The van der Waals surface area contributed by atoms with Crippen LogP contribution in [-0.2, 0) is 0 Å². The summed E-state index contributed by atoms with van der Waals surface area (Å²) < 4.78 is 12.9. The molecule has 0 saturated heterocycles. The first-order valence-corrected chi connectivity index (χ1v) is 20.1. The van der Waals surface area contributed by atoms with E-state index >= 15 is 0 Å². The fourth-order valence-corrected chi connectivity index (χ4v) is 8.98. The molecule has 0 aliphatic rings. The van der Waals surface area contributed by atoms with E-state index in [1.54, 1.807) is 0 Å². The molecule has 3 heteroatoms. The van der Waals surface area contributed by atoms with Crippen LogP contribution in [0.25, 0.3) is 98.8 Å². The summed E-state index contributed by atoms with van der Waals surface area (Å²) in [7, 11) is 0. The van der Waals surface area contributed by atoms with Gasteiger partial charge in [0.25, 0.3) is 0 Å². The highest BCUT2D eigenvalue weighted by Gasteiger charge is 2.20. The van der Waals surface area contributed by atoms with Crippen molar-refractivity contribution in [1.29, 1.82) is 0 Å². The van der Waals surface area contributed by atoms with Gasteiger partial charge in [-0.3, -0.25) is 0 Å². The lowest BCUT2D eigenvalue weighted by Crippen LogP contribution is -2.10. The smallest absolute Gasteiger partial charge is 0.143 e. The Morgan fingerprint density at radius 2 is 0.864 bits per heavy atom. The molecule has 10 aromatic carbocycles. The maximum absolute atomic E-state index is 6.49. The lowest BCUT2D eigenvalue weighted by Gasteiger charge is -2.26. The molecule has 0 fully saturated rings. The summed E-state index contributed by atoms with van der Waals surface area (Å²) in [6.45, 7) is 0. The molecule has 0 bridgehead atoms. The predicted molar refractivity (Wildman–Crippen MR) is 247 cm³/mol. The molecule has 12 rings (SSSR count). The Kier molecular flexibility index (Phi) is 7.54. The first kappa shape index (κ1) is 33.3. The van der Waals surface area contributed by atoms with Crippen molar-refractivity contribution in [3.05, 3.63) is 212 Å². The van der Waals surface area contributed by atoms with Crippen molar-refractivity contribution in [3.8, 4) is 33.4 Å². The Morgan fingerprint density at radius 3 is 1.64 bits per heavy atom. The van der Waals surface area contributed by atoms with Crippen LogP contribution in [0.5, 0.6) is 0 Å². The summed E-state index contributed by atoms with van der Waals surface area (Å²) >= 11 is 0. The van der Waals surface area contributed by atoms with Crippen molar-refractivity contribution in [2.24, 2.45) is 0 Å². The number of nitrogens with zero attached hydrogens (tertiary/aromatic N) is 1. The zero-order chi connectivity index (χ0) is 38.9. The van der Waals surface area contributed by atoms with Crippen LogP contribution in [0.4, 0.5) is 17.1 Å². The number of rotatable bonds is 6. The number of hydrogen-bond donors (Lipinski definition) is 0. The van der Waals surface area contributed by atoms with Gasteiger partial charge in [0.15, 0.2) is 0 Å². The van der Waals surface area contributed by atoms with Crippen molar-refractivity contribution < 1.29 is 8.83 Å². The Balaban J connectivity index is 0.959. The average molecular weight is 754 g/mol. The minimum Gasteiger partial charge on any atom is -0.456 e. The molecule has 59 heavy (non-hydrogen) atoms. The Hall–Kier alpha value is -7.88. The molecule has 0 radical (unpaired) electrons. The molecule has 0 atom stereocenters. The van der Waals surface area contributed by atoms with Gasteiger partial charge in [-0.05, 0) is 110 Å². The van der Waals surface area contributed by atoms with E-state index in [1.807, 2.05) is 18.2 Å². The van der Waals surface area contributed by atoms with E-state index in [0.29, 0.717) is 0 Å². The van der Waals surface area contributed by atoms with Crippen molar-refractivity contribution in [2.75, 3.05) is 4.90 Å². The molecule has 0 N–H and O–H groups in total. The molecule has 0 aliphatic heterocycles. The first-order valence-electron chi connectivity index (χ1n) is 20.1. The molecule has 12 aromatic rings. The highest BCUT2D eigenvalue weighted by atomic mass is 16.3. The monoisotopic (exact) mass is 753 g/mol. The number of furan rings is 2. The number of para-hydroxylation sites is 2. The van der Waals surface area contributed by atoms with Crippen LogP contribution in [0.2, 0.25) is 0 Å². The van der Waals surface area contributed by atoms with Gasteiger partial charge in [0.1, 0.15) is 22.3 Å². The minimum atomic E-state index is 0.862. The third-order valence-corrected chi connectivity index (χ3v) is 11.9. The van der Waals surface area contributed by atoms with Gasteiger partial charge in [-0.15, -0.1) is 0 Å². The van der Waals surface area contributed by atoms with Gasteiger partial charge in [0, 0.05) is 33.1 Å². The van der Waals surface area contributed by atoms with Crippen LogP contribution in [0.15, 0.2) is 221 Å². The fraction of sp³-hybridized carbons (Fsp3) is 0. The molecule has 0 aliphatic carbocycles. The van der Waals surface area contributed by atoms with Gasteiger partial charge in [0.05, 0.1) is 11.1 Å². The zero-order valence-electron chi connectivity index (χ0n) is 32.0. The Morgan fingerprint density at radius 1 is 0.305 bits per heavy atom. The SMILES string of the molecule is c1ccc(-c2cccc3c2oc2ccc(-c4ccc(N(c5ccc(-c6ccc7ccc8ccccc8c7c6)cc5)c5cccc6oc7ccccc7c56)cc4)cc23)cc1. The summed E-state index contributed by atoms with van der Waals surface area (Å²) in [5.41, 5.74) is 13.6. The van der Waals surface area contributed by atoms with E-state index in [4.69, 9.17) is 8.83 Å². The third kappa shape index (κ3) is 5.51. The minimum absolute atomic E-state index is 0.862. The highest BCUT2D eigenvalue weighted by Crippen LogP contribution is 2.44. The second-order valence-corrected chi connectivity index (χ2v) is 15.3. The molecule has 0 saturated carbocycles. The van der Waals surface area contributed by atoms with E-state index < -0.39 is 0 Å². The van der Waals surface area contributed by atoms with Crippen LogP contribution < -0.4 is 4.90 Å². The molecule has 0 unspecified atom stereocenters. The molecule has 2 heterocycles. The predicted octanol–water partition coefficient (Wildman–Crippen LogP) is 16.3. The summed E-state index contributed by atoms with van der Waals surface area (Å²) in [5, 5.41) is 9.44. The molecule has 2 aromatic heterocycles. The maximum atomic E-state index is 6.49. The van der Waals surface area contributed by atoms with E-state index in [2.05, 4.69) is 199 Å². The second-order valence-electron chi connectivity index (χ2n) is 15.3. The van der Waals surface area contributed by atoms with Gasteiger partial charge in [0.2, 0.25) is 0 Å². The first-order chi connectivity index (χ1) is 29.2. The maximum Gasteiger partial charge on any atom is 0.143 e. The van der Waals surface area contributed by atoms with Crippen LogP contribution in [0, 0.1) is 0 Å². The Labute approximate surface area is 340 Å². The summed E-state index contributed by atoms with van der Waals surface area (Å²) in [5.74, 6) is 0. The fourth-order valence-electron chi connectivity index (χ4n) is 8.98. The van der Waals surface area contributed by atoms with Crippen molar-refractivity contribution in [2.45, 2.75) is 0 Å². The van der Waals surface area contributed by atoms with Gasteiger partial charge >= 0.3 is 0 Å². The van der Waals surface area contributed by atoms with Gasteiger partial charge < -0.3 is 13.7 Å². The molecule has 3 nitrogen and oxygen atoms in total. The normalized spacial score (nSPS) is 11.7.